The van der Waals surface area contributed by atoms with Crippen LogP contribution in [-0.4, -0.2) is 22.2 Å². The molecule has 4 heteroatoms. The third-order valence-electron chi connectivity index (χ3n) is 3.29. The molecule has 0 fully saturated rings. The smallest absolute Gasteiger partial charge is 0.306 e. The zero-order valence-corrected chi connectivity index (χ0v) is 11.6. The lowest BCUT2D eigenvalue weighted by Crippen LogP contribution is -2.25. The summed E-state index contributed by atoms with van der Waals surface area (Å²) in [6, 6.07) is 7.49. The van der Waals surface area contributed by atoms with E-state index in [2.05, 4.69) is 12.2 Å². The molecule has 1 rings (SSSR count). The molecule has 0 spiro atoms. The van der Waals surface area contributed by atoms with Gasteiger partial charge in [-0.05, 0) is 37.5 Å². The van der Waals surface area contributed by atoms with E-state index in [4.69, 9.17) is 5.11 Å². The van der Waals surface area contributed by atoms with Crippen molar-refractivity contribution in [1.29, 1.82) is 0 Å². The molecule has 0 radical (unpaired) electrons. The summed E-state index contributed by atoms with van der Waals surface area (Å²) in [7, 11) is 0. The number of phenolic OH excluding ortho intramolecular Hbond substituents is 1. The van der Waals surface area contributed by atoms with Crippen molar-refractivity contribution in [2.24, 2.45) is 5.92 Å². The number of rotatable bonds is 8. The Kier molecular flexibility index (Phi) is 6.36. The Bertz CT molecular complexity index is 389. The van der Waals surface area contributed by atoms with Gasteiger partial charge in [-0.25, -0.2) is 0 Å². The molecule has 0 aliphatic rings. The normalized spacial score (nSPS) is 14.0. The zero-order valence-electron chi connectivity index (χ0n) is 11.6. The van der Waals surface area contributed by atoms with E-state index in [1.807, 2.05) is 12.1 Å². The summed E-state index contributed by atoms with van der Waals surface area (Å²) in [5.74, 6) is -0.700. The Morgan fingerprint density at radius 3 is 2.42 bits per heavy atom. The highest BCUT2D eigenvalue weighted by molar-refractivity contribution is 5.69. The zero-order chi connectivity index (χ0) is 14.3. The number of carboxylic acid groups (broad SMARTS) is 1. The summed E-state index contributed by atoms with van der Waals surface area (Å²) in [5, 5.41) is 21.4. The molecule has 1 aromatic rings. The molecule has 106 valence electrons. The first-order valence-corrected chi connectivity index (χ1v) is 6.73. The van der Waals surface area contributed by atoms with Crippen LogP contribution in [0.3, 0.4) is 0 Å². The fourth-order valence-electron chi connectivity index (χ4n) is 1.86. The van der Waals surface area contributed by atoms with Gasteiger partial charge in [0.25, 0.3) is 0 Å². The summed E-state index contributed by atoms with van der Waals surface area (Å²) in [5.41, 5.74) is 1.13. The van der Waals surface area contributed by atoms with Crippen molar-refractivity contribution in [2.75, 3.05) is 0 Å². The molecule has 0 aliphatic heterocycles. The lowest BCUT2D eigenvalue weighted by molar-refractivity contribution is -0.141. The number of carbonyl (C=O) groups is 1. The third-order valence-corrected chi connectivity index (χ3v) is 3.29. The summed E-state index contributed by atoms with van der Waals surface area (Å²) < 4.78 is 0. The van der Waals surface area contributed by atoms with Crippen LogP contribution < -0.4 is 5.32 Å². The highest BCUT2D eigenvalue weighted by Gasteiger charge is 2.11. The van der Waals surface area contributed by atoms with Gasteiger partial charge in [0, 0.05) is 12.6 Å². The fraction of sp³-hybridized carbons (Fsp3) is 0.533. The minimum atomic E-state index is -0.718. The van der Waals surface area contributed by atoms with Gasteiger partial charge in [-0.2, -0.15) is 0 Å². The Hall–Kier alpha value is -1.55. The van der Waals surface area contributed by atoms with Crippen LogP contribution in [0, 0.1) is 5.92 Å². The van der Waals surface area contributed by atoms with E-state index >= 15 is 0 Å². The molecular weight excluding hydrogens is 242 g/mol. The van der Waals surface area contributed by atoms with Crippen LogP contribution in [0.5, 0.6) is 5.75 Å². The lowest BCUT2D eigenvalue weighted by atomic mass is 10.0. The van der Waals surface area contributed by atoms with E-state index in [0.29, 0.717) is 6.04 Å². The van der Waals surface area contributed by atoms with Crippen LogP contribution in [0.1, 0.15) is 38.7 Å². The van der Waals surface area contributed by atoms with Crippen LogP contribution >= 0.6 is 0 Å². The first kappa shape index (κ1) is 15.5. The van der Waals surface area contributed by atoms with Gasteiger partial charge in [-0.3, -0.25) is 4.79 Å². The van der Waals surface area contributed by atoms with E-state index in [9.17, 15) is 9.90 Å². The van der Waals surface area contributed by atoms with Crippen molar-refractivity contribution in [2.45, 2.75) is 45.7 Å². The molecule has 2 atom stereocenters. The number of hydrogen-bond acceptors (Lipinski definition) is 3. The van der Waals surface area contributed by atoms with Crippen molar-refractivity contribution in [3.05, 3.63) is 29.8 Å². The Morgan fingerprint density at radius 2 is 1.84 bits per heavy atom. The van der Waals surface area contributed by atoms with Gasteiger partial charge in [0.05, 0.1) is 5.92 Å². The summed E-state index contributed by atoms with van der Waals surface area (Å²) in [6.45, 7) is 4.61. The maximum absolute atomic E-state index is 10.7. The van der Waals surface area contributed by atoms with Crippen molar-refractivity contribution < 1.29 is 15.0 Å². The van der Waals surface area contributed by atoms with E-state index in [1.54, 1.807) is 19.1 Å². The fourth-order valence-corrected chi connectivity index (χ4v) is 1.86. The first-order chi connectivity index (χ1) is 8.99. The highest BCUT2D eigenvalue weighted by Crippen LogP contribution is 2.11. The molecule has 0 saturated carbocycles. The van der Waals surface area contributed by atoms with Crippen LogP contribution in [0.4, 0.5) is 0 Å². The van der Waals surface area contributed by atoms with E-state index in [1.165, 1.54) is 0 Å². The minimum Gasteiger partial charge on any atom is -0.508 e. The molecule has 0 saturated heterocycles. The van der Waals surface area contributed by atoms with Gasteiger partial charge < -0.3 is 15.5 Å². The number of aliphatic carboxylic acids is 1. The van der Waals surface area contributed by atoms with Gasteiger partial charge in [-0.1, -0.05) is 25.5 Å². The topological polar surface area (TPSA) is 69.6 Å². The SMILES string of the molecule is CC(CCCC(C)C(=O)O)NCc1ccc(O)cc1. The number of benzene rings is 1. The van der Waals surface area contributed by atoms with Crippen LogP contribution in [-0.2, 0) is 11.3 Å². The molecule has 19 heavy (non-hydrogen) atoms. The number of phenols is 1. The quantitative estimate of drug-likeness (QED) is 0.676. The number of carboxylic acids is 1. The second kappa shape index (κ2) is 7.79. The number of hydrogen-bond donors (Lipinski definition) is 3. The number of nitrogens with one attached hydrogen (secondary N) is 1. The summed E-state index contributed by atoms with van der Waals surface area (Å²) >= 11 is 0. The third kappa shape index (κ3) is 6.25. The molecule has 4 nitrogen and oxygen atoms in total. The predicted molar refractivity (Wildman–Crippen MR) is 75.1 cm³/mol. The van der Waals surface area contributed by atoms with Crippen molar-refractivity contribution >= 4 is 5.97 Å². The van der Waals surface area contributed by atoms with Crippen LogP contribution in [0.15, 0.2) is 24.3 Å². The van der Waals surface area contributed by atoms with E-state index in [0.717, 1.165) is 31.4 Å². The second-order valence-corrected chi connectivity index (χ2v) is 5.12. The molecular formula is C15H23NO3. The van der Waals surface area contributed by atoms with Gasteiger partial charge >= 0.3 is 5.97 Å². The maximum atomic E-state index is 10.7. The van der Waals surface area contributed by atoms with E-state index < -0.39 is 5.97 Å². The minimum absolute atomic E-state index is 0.260. The summed E-state index contributed by atoms with van der Waals surface area (Å²) in [6.07, 6.45) is 2.60. The van der Waals surface area contributed by atoms with Gasteiger partial charge in [-0.15, -0.1) is 0 Å². The largest absolute Gasteiger partial charge is 0.508 e. The average Bonchev–Trinajstić information content (AvgIpc) is 2.37. The second-order valence-electron chi connectivity index (χ2n) is 5.12. The molecule has 0 heterocycles. The van der Waals surface area contributed by atoms with Crippen molar-refractivity contribution in [3.8, 4) is 5.75 Å². The Morgan fingerprint density at radius 1 is 1.21 bits per heavy atom. The molecule has 3 N–H and O–H groups in total. The standard InChI is InChI=1S/C15H23NO3/c1-11(15(18)19)4-3-5-12(2)16-10-13-6-8-14(17)9-7-13/h6-9,11-12,16-17H,3-5,10H2,1-2H3,(H,18,19). The van der Waals surface area contributed by atoms with Crippen molar-refractivity contribution in [1.82, 2.24) is 5.32 Å². The first-order valence-electron chi connectivity index (χ1n) is 6.73. The molecule has 0 aromatic heterocycles. The van der Waals surface area contributed by atoms with E-state index in [-0.39, 0.29) is 11.7 Å². The molecule has 2 unspecified atom stereocenters. The van der Waals surface area contributed by atoms with Crippen molar-refractivity contribution in [3.63, 3.8) is 0 Å². The molecule has 1 aromatic carbocycles. The van der Waals surface area contributed by atoms with Crippen LogP contribution in [0.2, 0.25) is 0 Å². The molecule has 0 aliphatic carbocycles. The van der Waals surface area contributed by atoms with Crippen LogP contribution in [0.25, 0.3) is 0 Å². The summed E-state index contributed by atoms with van der Waals surface area (Å²) in [4.78, 5) is 10.7. The Labute approximate surface area is 114 Å². The monoisotopic (exact) mass is 265 g/mol. The predicted octanol–water partition coefficient (Wildman–Crippen LogP) is 2.76. The Balaban J connectivity index is 2.19. The van der Waals surface area contributed by atoms with Gasteiger partial charge in [0.2, 0.25) is 0 Å². The molecule has 0 amide bonds. The number of aromatic hydroxyl groups is 1. The molecule has 0 bridgehead atoms. The highest BCUT2D eigenvalue weighted by atomic mass is 16.4. The van der Waals surface area contributed by atoms with Gasteiger partial charge in [0.15, 0.2) is 0 Å². The average molecular weight is 265 g/mol. The lowest BCUT2D eigenvalue weighted by Gasteiger charge is -2.14. The van der Waals surface area contributed by atoms with Gasteiger partial charge in [0.1, 0.15) is 5.75 Å². The maximum Gasteiger partial charge on any atom is 0.306 e.